The van der Waals surface area contributed by atoms with E-state index >= 15 is 0 Å². The molecule has 0 radical (unpaired) electrons. The van der Waals surface area contributed by atoms with Gasteiger partial charge in [-0.1, -0.05) is 50.4 Å². The largest absolute Gasteiger partial charge is 0.276 e. The molecule has 4 nitrogen and oxygen atoms in total. The van der Waals surface area contributed by atoms with Gasteiger partial charge >= 0.3 is 0 Å². The Morgan fingerprint density at radius 1 is 1.10 bits per heavy atom. The summed E-state index contributed by atoms with van der Waals surface area (Å²) in [5, 5.41) is 3.04. The Bertz CT molecular complexity index is 569. The maximum Gasteiger partial charge on any atom is 0.276 e. The van der Waals surface area contributed by atoms with Gasteiger partial charge in [0.15, 0.2) is 0 Å². The molecule has 0 bridgehead atoms. The highest BCUT2D eigenvalue weighted by Crippen LogP contribution is 2.53. The molecule has 5 heteroatoms. The van der Waals surface area contributed by atoms with Gasteiger partial charge in [-0.2, -0.15) is 10.0 Å². The summed E-state index contributed by atoms with van der Waals surface area (Å²) in [6, 6.07) is 7.01. The second kappa shape index (κ2) is 5.11. The van der Waals surface area contributed by atoms with Crippen molar-refractivity contribution in [2.75, 3.05) is 0 Å². The van der Waals surface area contributed by atoms with Crippen LogP contribution in [0.25, 0.3) is 0 Å². The third-order valence-corrected chi connectivity index (χ3v) is 4.88. The third-order valence-electron chi connectivity index (χ3n) is 4.27. The second-order valence-electron chi connectivity index (χ2n) is 5.69. The van der Waals surface area contributed by atoms with Crippen LogP contribution in [0.2, 0.25) is 0 Å². The third kappa shape index (κ3) is 2.00. The molecule has 0 saturated carbocycles. The summed E-state index contributed by atoms with van der Waals surface area (Å²) in [4.78, 5) is 24.5. The average molecular weight is 307 g/mol. The van der Waals surface area contributed by atoms with E-state index in [2.05, 4.69) is 13.8 Å². The van der Waals surface area contributed by atoms with Gasteiger partial charge < -0.3 is 0 Å². The van der Waals surface area contributed by atoms with E-state index in [4.69, 9.17) is 11.6 Å². The summed E-state index contributed by atoms with van der Waals surface area (Å²) in [6.45, 7) is 4.15. The van der Waals surface area contributed by atoms with E-state index in [1.165, 1.54) is 5.01 Å². The van der Waals surface area contributed by atoms with Gasteiger partial charge in [0.05, 0.1) is 17.2 Å². The number of alkyl halides is 1. The van der Waals surface area contributed by atoms with E-state index < -0.39 is 5.00 Å². The summed E-state index contributed by atoms with van der Waals surface area (Å²) >= 11 is 6.69. The highest BCUT2D eigenvalue weighted by molar-refractivity contribution is 6.27. The van der Waals surface area contributed by atoms with E-state index in [1.54, 1.807) is 29.3 Å². The summed E-state index contributed by atoms with van der Waals surface area (Å²) in [5.74, 6) is -0.509. The normalized spacial score (nSPS) is 30.7. The zero-order valence-electron chi connectivity index (χ0n) is 12.3. The van der Waals surface area contributed by atoms with Crippen molar-refractivity contribution in [1.29, 1.82) is 0 Å². The highest BCUT2D eigenvalue weighted by atomic mass is 35.5. The summed E-state index contributed by atoms with van der Waals surface area (Å²) in [7, 11) is 0. The second-order valence-corrected chi connectivity index (χ2v) is 6.34. The Hall–Kier alpha value is -1.39. The molecule has 0 aliphatic carbocycles. The van der Waals surface area contributed by atoms with Crippen LogP contribution >= 0.6 is 11.6 Å². The lowest BCUT2D eigenvalue weighted by Gasteiger charge is -2.18. The van der Waals surface area contributed by atoms with Crippen LogP contribution in [0.1, 0.15) is 60.2 Å². The van der Waals surface area contributed by atoms with E-state index in [9.17, 15) is 9.59 Å². The van der Waals surface area contributed by atoms with Crippen LogP contribution in [0.15, 0.2) is 24.3 Å². The van der Waals surface area contributed by atoms with Gasteiger partial charge in [0.1, 0.15) is 5.00 Å². The molecule has 1 aromatic rings. The molecule has 1 saturated heterocycles. The fourth-order valence-corrected chi connectivity index (χ4v) is 3.81. The van der Waals surface area contributed by atoms with Gasteiger partial charge in [-0.15, -0.1) is 0 Å². The van der Waals surface area contributed by atoms with Crippen molar-refractivity contribution >= 4 is 23.4 Å². The Kier molecular flexibility index (Phi) is 3.54. The van der Waals surface area contributed by atoms with Crippen molar-refractivity contribution in [3.05, 3.63) is 35.4 Å². The number of halogens is 1. The molecule has 1 aromatic carbocycles. The molecule has 3 rings (SSSR count). The number of rotatable bonds is 5. The number of benzene rings is 1. The number of carbonyl (C=O) groups excluding carboxylic acids is 2. The molecule has 3 atom stereocenters. The van der Waals surface area contributed by atoms with Gasteiger partial charge in [-0.3, -0.25) is 9.59 Å². The van der Waals surface area contributed by atoms with Crippen molar-refractivity contribution in [3.8, 4) is 0 Å². The lowest BCUT2D eigenvalue weighted by Crippen LogP contribution is -2.38. The number of hydrogen-bond donors (Lipinski definition) is 0. The van der Waals surface area contributed by atoms with Crippen molar-refractivity contribution in [2.45, 2.75) is 50.6 Å². The molecule has 2 amide bonds. The maximum absolute atomic E-state index is 12.5. The predicted octanol–water partition coefficient (Wildman–Crippen LogP) is 3.42. The molecule has 2 aliphatic heterocycles. The fraction of sp³-hybridized carbons (Fsp3) is 0.500. The first kappa shape index (κ1) is 14.5. The van der Waals surface area contributed by atoms with Gasteiger partial charge in [0.25, 0.3) is 11.8 Å². The summed E-state index contributed by atoms with van der Waals surface area (Å²) in [6.07, 6.45) is 3.55. The minimum absolute atomic E-state index is 0.0614. The van der Waals surface area contributed by atoms with Crippen LogP contribution in [0, 0.1) is 0 Å². The number of hydrazine groups is 1. The van der Waals surface area contributed by atoms with Crippen LogP contribution in [0.4, 0.5) is 0 Å². The molecule has 2 heterocycles. The molecule has 1 fully saturated rings. The number of fused-ring (bicyclic) bond motifs is 1. The molecule has 0 N–H and O–H groups in total. The fourth-order valence-electron chi connectivity index (χ4n) is 3.28. The van der Waals surface area contributed by atoms with Crippen LogP contribution in [0.3, 0.4) is 0 Å². The van der Waals surface area contributed by atoms with Crippen molar-refractivity contribution in [2.24, 2.45) is 0 Å². The van der Waals surface area contributed by atoms with Gasteiger partial charge in [0, 0.05) is 0 Å². The van der Waals surface area contributed by atoms with Gasteiger partial charge in [0.2, 0.25) is 0 Å². The van der Waals surface area contributed by atoms with Crippen LogP contribution < -0.4 is 0 Å². The maximum atomic E-state index is 12.5. The number of imide groups is 1. The Morgan fingerprint density at radius 3 is 2.14 bits per heavy atom. The van der Waals surface area contributed by atoms with E-state index in [0.717, 1.165) is 25.7 Å². The molecule has 112 valence electrons. The minimum Gasteiger partial charge on any atom is -0.267 e. The number of hydrogen-bond acceptors (Lipinski definition) is 3. The molecular weight excluding hydrogens is 288 g/mol. The average Bonchev–Trinajstić information content (AvgIpc) is 2.93. The van der Waals surface area contributed by atoms with Gasteiger partial charge in [-0.25, -0.2) is 0 Å². The molecule has 2 aliphatic rings. The summed E-state index contributed by atoms with van der Waals surface area (Å²) in [5.41, 5.74) is 0.945. The Balaban J connectivity index is 1.92. The number of carbonyl (C=O) groups is 2. The molecule has 0 aromatic heterocycles. The quantitative estimate of drug-likeness (QED) is 0.362. The monoisotopic (exact) mass is 306 g/mol. The van der Waals surface area contributed by atoms with Crippen LogP contribution in [-0.2, 0) is 0 Å². The molecule has 21 heavy (non-hydrogen) atoms. The van der Waals surface area contributed by atoms with Crippen molar-refractivity contribution in [3.63, 3.8) is 0 Å². The standard InChI is InChI=1S/C16H19ClN2O2/c1-3-7-13-16(17,10-4-2)19(13)18-14(20)11-8-5-6-9-12(11)15(18)21/h5-6,8-9,13H,3-4,7,10H2,1-2H3/t13-,16+,19?/m0/s1. The summed E-state index contributed by atoms with van der Waals surface area (Å²) < 4.78 is 0. The number of nitrogens with zero attached hydrogens (tertiary/aromatic N) is 2. The zero-order chi connectivity index (χ0) is 15.2. The van der Waals surface area contributed by atoms with Crippen LogP contribution in [0.5, 0.6) is 0 Å². The van der Waals surface area contributed by atoms with Crippen LogP contribution in [-0.4, -0.2) is 32.9 Å². The predicted molar refractivity (Wildman–Crippen MR) is 81.0 cm³/mol. The molecular formula is C16H19ClN2O2. The Labute approximate surface area is 129 Å². The van der Waals surface area contributed by atoms with E-state index in [0.29, 0.717) is 11.1 Å². The topological polar surface area (TPSA) is 40.4 Å². The Morgan fingerprint density at radius 2 is 1.67 bits per heavy atom. The smallest absolute Gasteiger partial charge is 0.267 e. The van der Waals surface area contributed by atoms with Crippen molar-refractivity contribution < 1.29 is 9.59 Å². The van der Waals surface area contributed by atoms with Gasteiger partial charge in [-0.05, 0) is 25.0 Å². The minimum atomic E-state index is -0.585. The lowest BCUT2D eigenvalue weighted by atomic mass is 10.1. The molecule has 0 spiro atoms. The van der Waals surface area contributed by atoms with E-state index in [1.807, 2.05) is 0 Å². The number of amides is 2. The van der Waals surface area contributed by atoms with E-state index in [-0.39, 0.29) is 17.9 Å². The first-order valence-corrected chi connectivity index (χ1v) is 7.90. The SMILES string of the molecule is CCC[C@@H]1N(N2C(=O)c3ccccc3C2=O)[C@]1(Cl)CCC. The molecule has 1 unspecified atom stereocenters. The zero-order valence-corrected chi connectivity index (χ0v) is 13.1. The lowest BCUT2D eigenvalue weighted by molar-refractivity contribution is 0.0320. The highest BCUT2D eigenvalue weighted by Gasteiger charge is 2.66. The van der Waals surface area contributed by atoms with Crippen molar-refractivity contribution in [1.82, 2.24) is 10.0 Å². The first-order chi connectivity index (χ1) is 10.1. The first-order valence-electron chi connectivity index (χ1n) is 7.52.